The highest BCUT2D eigenvalue weighted by atomic mass is 16.5. The predicted molar refractivity (Wildman–Crippen MR) is 114 cm³/mol. The van der Waals surface area contributed by atoms with Gasteiger partial charge < -0.3 is 19.7 Å². The Kier molecular flexibility index (Phi) is 8.55. The quantitative estimate of drug-likeness (QED) is 0.644. The minimum atomic E-state index is -0.0726. The molecular weight excluding hydrogens is 368 g/mol. The number of methoxy groups -OCH3 is 1. The molecule has 0 aromatic heterocycles. The van der Waals surface area contributed by atoms with Crippen molar-refractivity contribution < 1.29 is 19.1 Å². The second-order valence-electron chi connectivity index (χ2n) is 7.96. The number of hydrogen-bond donors (Lipinski definition) is 1. The highest BCUT2D eigenvalue weighted by Gasteiger charge is 2.28. The normalized spacial score (nSPS) is 15.7. The summed E-state index contributed by atoms with van der Waals surface area (Å²) in [7, 11) is 1.58. The molecule has 1 aliphatic heterocycles. The molecule has 1 aromatic carbocycles. The second-order valence-corrected chi connectivity index (χ2v) is 7.96. The molecule has 6 heteroatoms. The van der Waals surface area contributed by atoms with Gasteiger partial charge in [0.25, 0.3) is 5.91 Å². The summed E-state index contributed by atoms with van der Waals surface area (Å²) in [6.07, 6.45) is 3.93. The maximum atomic E-state index is 12.5. The Hall–Kier alpha value is -2.50. The summed E-state index contributed by atoms with van der Waals surface area (Å²) in [4.78, 5) is 26.7. The highest BCUT2D eigenvalue weighted by molar-refractivity contribution is 5.80. The number of nitrogens with zero attached hydrogens (tertiary/aromatic N) is 1. The zero-order valence-electron chi connectivity index (χ0n) is 18.1. The van der Waals surface area contributed by atoms with Crippen LogP contribution in [0.25, 0.3) is 0 Å². The Morgan fingerprint density at radius 2 is 1.93 bits per heavy atom. The molecule has 1 saturated heterocycles. The summed E-state index contributed by atoms with van der Waals surface area (Å²) in [5.74, 6) is 1.55. The molecule has 0 spiro atoms. The molecule has 1 heterocycles. The lowest BCUT2D eigenvalue weighted by atomic mass is 9.95. The molecule has 0 radical (unpaired) electrons. The van der Waals surface area contributed by atoms with Crippen molar-refractivity contribution >= 4 is 11.8 Å². The number of benzene rings is 1. The summed E-state index contributed by atoms with van der Waals surface area (Å²) in [5.41, 5.74) is 1.07. The van der Waals surface area contributed by atoms with E-state index in [1.54, 1.807) is 12.0 Å². The average Bonchev–Trinajstić information content (AvgIpc) is 2.72. The Balaban J connectivity index is 1.83. The van der Waals surface area contributed by atoms with Crippen LogP contribution in [0.2, 0.25) is 0 Å². The van der Waals surface area contributed by atoms with E-state index in [0.29, 0.717) is 43.3 Å². The van der Waals surface area contributed by atoms with Gasteiger partial charge in [0.1, 0.15) is 0 Å². The van der Waals surface area contributed by atoms with Gasteiger partial charge in [0.2, 0.25) is 5.91 Å². The van der Waals surface area contributed by atoms with Crippen LogP contribution in [0.5, 0.6) is 11.5 Å². The minimum Gasteiger partial charge on any atom is -0.493 e. The molecule has 1 unspecified atom stereocenters. The van der Waals surface area contributed by atoms with E-state index in [-0.39, 0.29) is 30.4 Å². The van der Waals surface area contributed by atoms with Gasteiger partial charge in [0.15, 0.2) is 18.1 Å². The van der Waals surface area contributed by atoms with Crippen LogP contribution in [0.1, 0.15) is 39.2 Å². The molecule has 1 fully saturated rings. The number of hydrogen-bond acceptors (Lipinski definition) is 4. The number of carbonyl (C=O) groups is 2. The topological polar surface area (TPSA) is 67.9 Å². The number of rotatable bonds is 9. The largest absolute Gasteiger partial charge is 0.493 e. The third-order valence-electron chi connectivity index (χ3n) is 5.55. The zero-order chi connectivity index (χ0) is 21.4. The van der Waals surface area contributed by atoms with Crippen LogP contribution in [0.15, 0.2) is 30.9 Å². The summed E-state index contributed by atoms with van der Waals surface area (Å²) in [6.45, 7) is 11.1. The van der Waals surface area contributed by atoms with Crippen molar-refractivity contribution in [2.24, 2.45) is 11.8 Å². The SMILES string of the molecule is C=CCc1ccc(OCC(=O)N2CCC(C(=O)NC(C)C(C)C)CC2)c(OC)c1. The molecule has 2 amide bonds. The van der Waals surface area contributed by atoms with Gasteiger partial charge in [-0.25, -0.2) is 0 Å². The van der Waals surface area contributed by atoms with E-state index >= 15 is 0 Å². The van der Waals surface area contributed by atoms with Crippen LogP contribution >= 0.6 is 0 Å². The number of ether oxygens (including phenoxy) is 2. The van der Waals surface area contributed by atoms with E-state index in [1.165, 1.54) is 0 Å². The average molecular weight is 403 g/mol. The molecule has 1 N–H and O–H groups in total. The minimum absolute atomic E-state index is 0.0290. The highest BCUT2D eigenvalue weighted by Crippen LogP contribution is 2.28. The number of carbonyl (C=O) groups excluding carboxylic acids is 2. The van der Waals surface area contributed by atoms with Gasteiger partial charge in [-0.2, -0.15) is 0 Å². The van der Waals surface area contributed by atoms with Crippen LogP contribution in [0, 0.1) is 11.8 Å². The lowest BCUT2D eigenvalue weighted by Crippen LogP contribution is -2.46. The van der Waals surface area contributed by atoms with E-state index < -0.39 is 0 Å². The fraction of sp³-hybridized carbons (Fsp3) is 0.565. The maximum Gasteiger partial charge on any atom is 0.260 e. The third kappa shape index (κ3) is 6.51. The lowest BCUT2D eigenvalue weighted by Gasteiger charge is -2.32. The van der Waals surface area contributed by atoms with Crippen LogP contribution < -0.4 is 14.8 Å². The Labute approximate surface area is 174 Å². The van der Waals surface area contributed by atoms with E-state index in [2.05, 4.69) is 25.7 Å². The van der Waals surface area contributed by atoms with Crippen molar-refractivity contribution in [1.82, 2.24) is 10.2 Å². The monoisotopic (exact) mass is 402 g/mol. The third-order valence-corrected chi connectivity index (χ3v) is 5.55. The molecule has 6 nitrogen and oxygen atoms in total. The Morgan fingerprint density at radius 1 is 1.24 bits per heavy atom. The van der Waals surface area contributed by atoms with Crippen molar-refractivity contribution in [2.45, 2.75) is 46.1 Å². The smallest absolute Gasteiger partial charge is 0.260 e. The molecule has 0 saturated carbocycles. The number of amides is 2. The number of likely N-dealkylation sites (tertiary alicyclic amines) is 1. The van der Waals surface area contributed by atoms with Crippen molar-refractivity contribution in [3.63, 3.8) is 0 Å². The van der Waals surface area contributed by atoms with Gasteiger partial charge in [-0.1, -0.05) is 26.0 Å². The molecule has 1 aromatic rings. The van der Waals surface area contributed by atoms with E-state index in [4.69, 9.17) is 9.47 Å². The van der Waals surface area contributed by atoms with Gasteiger partial charge in [0, 0.05) is 25.0 Å². The first-order valence-electron chi connectivity index (χ1n) is 10.3. The van der Waals surface area contributed by atoms with Gasteiger partial charge in [-0.05, 0) is 49.8 Å². The first-order chi connectivity index (χ1) is 13.8. The fourth-order valence-electron chi connectivity index (χ4n) is 3.26. The Morgan fingerprint density at radius 3 is 2.52 bits per heavy atom. The van der Waals surface area contributed by atoms with Crippen molar-refractivity contribution in [3.8, 4) is 11.5 Å². The Bertz CT molecular complexity index is 709. The van der Waals surface area contributed by atoms with Crippen LogP contribution in [-0.2, 0) is 16.0 Å². The number of piperidine rings is 1. The molecule has 1 atom stereocenters. The van der Waals surface area contributed by atoms with Crippen molar-refractivity contribution in [2.75, 3.05) is 26.8 Å². The standard InChI is InChI=1S/C23H34N2O4/c1-6-7-18-8-9-20(21(14-18)28-5)29-15-22(26)25-12-10-19(11-13-25)23(27)24-17(4)16(2)3/h6,8-9,14,16-17,19H,1,7,10-13,15H2,2-5H3,(H,24,27). The summed E-state index contributed by atoms with van der Waals surface area (Å²) < 4.78 is 11.1. The van der Waals surface area contributed by atoms with Gasteiger partial charge in [-0.3, -0.25) is 9.59 Å². The fourth-order valence-corrected chi connectivity index (χ4v) is 3.26. The first kappa shape index (κ1) is 22.8. The van der Waals surface area contributed by atoms with Gasteiger partial charge in [-0.15, -0.1) is 6.58 Å². The summed E-state index contributed by atoms with van der Waals surface area (Å²) in [5, 5.41) is 3.08. The lowest BCUT2D eigenvalue weighted by molar-refractivity contribution is -0.137. The van der Waals surface area contributed by atoms with Gasteiger partial charge >= 0.3 is 0 Å². The van der Waals surface area contributed by atoms with E-state index in [1.807, 2.05) is 31.2 Å². The molecule has 29 heavy (non-hydrogen) atoms. The van der Waals surface area contributed by atoms with Gasteiger partial charge in [0.05, 0.1) is 7.11 Å². The van der Waals surface area contributed by atoms with Crippen molar-refractivity contribution in [1.29, 1.82) is 0 Å². The zero-order valence-corrected chi connectivity index (χ0v) is 18.1. The van der Waals surface area contributed by atoms with Crippen LogP contribution in [0.4, 0.5) is 0 Å². The maximum absolute atomic E-state index is 12.5. The van der Waals surface area contributed by atoms with Crippen molar-refractivity contribution in [3.05, 3.63) is 36.4 Å². The number of allylic oxidation sites excluding steroid dienone is 1. The molecule has 1 aliphatic rings. The second kappa shape index (κ2) is 10.9. The molecule has 160 valence electrons. The molecule has 0 aliphatic carbocycles. The van der Waals surface area contributed by atoms with Crippen LogP contribution in [-0.4, -0.2) is 49.6 Å². The summed E-state index contributed by atoms with van der Waals surface area (Å²) in [6, 6.07) is 5.80. The molecule has 2 rings (SSSR count). The van der Waals surface area contributed by atoms with E-state index in [0.717, 1.165) is 12.0 Å². The predicted octanol–water partition coefficient (Wildman–Crippen LogP) is 3.20. The first-order valence-corrected chi connectivity index (χ1v) is 10.3. The van der Waals surface area contributed by atoms with Crippen LogP contribution in [0.3, 0.4) is 0 Å². The summed E-state index contributed by atoms with van der Waals surface area (Å²) >= 11 is 0. The number of nitrogens with one attached hydrogen (secondary N) is 1. The van der Waals surface area contributed by atoms with E-state index in [9.17, 15) is 9.59 Å². The molecule has 0 bridgehead atoms. The molecular formula is C23H34N2O4.